The fraction of sp³-hybridized carbons (Fsp3) is 0.714. The number of hydrogen-bond donors (Lipinski definition) is 1. The van der Waals surface area contributed by atoms with E-state index in [9.17, 15) is 0 Å². The van der Waals surface area contributed by atoms with Crippen molar-refractivity contribution in [2.45, 2.75) is 32.4 Å². The van der Waals surface area contributed by atoms with E-state index in [4.69, 9.17) is 17.3 Å². The van der Waals surface area contributed by atoms with Crippen molar-refractivity contribution in [1.29, 1.82) is 0 Å². The first-order chi connectivity index (χ1) is 8.91. The molecule has 0 radical (unpaired) electrons. The molecule has 1 aromatic heterocycles. The Labute approximate surface area is 129 Å². The van der Waals surface area contributed by atoms with Crippen LogP contribution in [0.4, 0.5) is 0 Å². The molecule has 1 saturated heterocycles. The van der Waals surface area contributed by atoms with E-state index in [1.807, 2.05) is 17.8 Å². The molecule has 0 bridgehead atoms. The summed E-state index contributed by atoms with van der Waals surface area (Å²) in [4.78, 5) is 3.76. The van der Waals surface area contributed by atoms with E-state index >= 15 is 0 Å². The fourth-order valence-corrected chi connectivity index (χ4v) is 5.94. The maximum atomic E-state index is 6.20. The average Bonchev–Trinajstić information content (AvgIpc) is 2.74. The summed E-state index contributed by atoms with van der Waals surface area (Å²) in [7, 11) is 2.20. The van der Waals surface area contributed by atoms with Crippen molar-refractivity contribution in [3.8, 4) is 0 Å². The van der Waals surface area contributed by atoms with Gasteiger partial charge in [0.1, 0.15) is 0 Å². The Balaban J connectivity index is 2.20. The van der Waals surface area contributed by atoms with Gasteiger partial charge in [-0.2, -0.15) is 11.8 Å². The van der Waals surface area contributed by atoms with E-state index < -0.39 is 0 Å². The first-order valence-electron chi connectivity index (χ1n) is 6.64. The van der Waals surface area contributed by atoms with E-state index in [2.05, 4.69) is 31.9 Å². The second-order valence-corrected chi connectivity index (χ2v) is 8.89. The normalized spacial score (nSPS) is 26.8. The molecule has 0 aliphatic carbocycles. The standard InChI is InChI=1S/C14H23ClN2S2/c1-13(2)6-7-18-10-14(13,9-16)17(3)8-11-4-5-12(15)19-11/h4-5H,6-10,16H2,1-3H3. The van der Waals surface area contributed by atoms with E-state index in [-0.39, 0.29) is 11.0 Å². The topological polar surface area (TPSA) is 29.3 Å². The average molecular weight is 319 g/mol. The summed E-state index contributed by atoms with van der Waals surface area (Å²) in [6.45, 7) is 6.36. The highest BCUT2D eigenvalue weighted by molar-refractivity contribution is 7.99. The molecule has 5 heteroatoms. The van der Waals surface area contributed by atoms with Gasteiger partial charge in [-0.25, -0.2) is 0 Å². The molecule has 2 heterocycles. The molecule has 0 amide bonds. The van der Waals surface area contributed by atoms with Crippen LogP contribution in [0.3, 0.4) is 0 Å². The number of hydrogen-bond acceptors (Lipinski definition) is 4. The Bertz CT molecular complexity index is 433. The highest BCUT2D eigenvalue weighted by Gasteiger charge is 2.48. The van der Waals surface area contributed by atoms with Gasteiger partial charge < -0.3 is 5.73 Å². The Morgan fingerprint density at radius 3 is 2.68 bits per heavy atom. The van der Waals surface area contributed by atoms with Crippen LogP contribution in [-0.2, 0) is 6.54 Å². The van der Waals surface area contributed by atoms with Crippen molar-refractivity contribution in [2.24, 2.45) is 11.1 Å². The van der Waals surface area contributed by atoms with Crippen LogP contribution < -0.4 is 5.73 Å². The summed E-state index contributed by atoms with van der Waals surface area (Å²) >= 11 is 9.72. The van der Waals surface area contributed by atoms with Gasteiger partial charge in [-0.05, 0) is 36.8 Å². The van der Waals surface area contributed by atoms with Crippen LogP contribution in [0.15, 0.2) is 12.1 Å². The molecule has 0 spiro atoms. The van der Waals surface area contributed by atoms with E-state index in [0.717, 1.165) is 16.6 Å². The van der Waals surface area contributed by atoms with Crippen LogP contribution in [0.25, 0.3) is 0 Å². The molecule has 2 N–H and O–H groups in total. The van der Waals surface area contributed by atoms with Gasteiger partial charge in [-0.3, -0.25) is 4.90 Å². The van der Waals surface area contributed by atoms with Gasteiger partial charge >= 0.3 is 0 Å². The lowest BCUT2D eigenvalue weighted by Crippen LogP contribution is -2.64. The molecule has 2 nitrogen and oxygen atoms in total. The molecule has 0 saturated carbocycles. The maximum Gasteiger partial charge on any atom is 0.0931 e. The van der Waals surface area contributed by atoms with E-state index in [1.165, 1.54) is 17.1 Å². The zero-order chi connectivity index (χ0) is 14.1. The Morgan fingerprint density at radius 2 is 2.16 bits per heavy atom. The maximum absolute atomic E-state index is 6.20. The number of thioether (sulfide) groups is 1. The molecular formula is C14H23ClN2S2. The lowest BCUT2D eigenvalue weighted by molar-refractivity contribution is 0.0154. The van der Waals surface area contributed by atoms with Crippen molar-refractivity contribution < 1.29 is 0 Å². The Kier molecular flexibility index (Phi) is 4.89. The molecule has 1 atom stereocenters. The number of thiophene rings is 1. The van der Waals surface area contributed by atoms with Crippen LogP contribution in [0.2, 0.25) is 4.34 Å². The van der Waals surface area contributed by atoms with Gasteiger partial charge in [0, 0.05) is 29.3 Å². The zero-order valence-electron chi connectivity index (χ0n) is 11.9. The summed E-state index contributed by atoms with van der Waals surface area (Å²) < 4.78 is 0.863. The van der Waals surface area contributed by atoms with Gasteiger partial charge in [0.15, 0.2) is 0 Å². The molecule has 1 aliphatic heterocycles. The zero-order valence-corrected chi connectivity index (χ0v) is 14.3. The van der Waals surface area contributed by atoms with Crippen LogP contribution in [0.5, 0.6) is 0 Å². The molecule has 1 aliphatic rings. The fourth-order valence-electron chi connectivity index (χ4n) is 2.94. The van der Waals surface area contributed by atoms with Gasteiger partial charge in [-0.1, -0.05) is 25.4 Å². The van der Waals surface area contributed by atoms with Gasteiger partial charge in [0.25, 0.3) is 0 Å². The van der Waals surface area contributed by atoms with Crippen LogP contribution in [0, 0.1) is 5.41 Å². The monoisotopic (exact) mass is 318 g/mol. The molecule has 1 fully saturated rings. The minimum Gasteiger partial charge on any atom is -0.329 e. The second-order valence-electron chi connectivity index (χ2n) is 5.98. The first-order valence-corrected chi connectivity index (χ1v) is 8.99. The van der Waals surface area contributed by atoms with Crippen molar-refractivity contribution in [3.63, 3.8) is 0 Å². The highest BCUT2D eigenvalue weighted by Crippen LogP contribution is 2.45. The predicted molar refractivity (Wildman–Crippen MR) is 88.3 cm³/mol. The number of halogens is 1. The van der Waals surface area contributed by atoms with Crippen molar-refractivity contribution in [1.82, 2.24) is 4.90 Å². The second kappa shape index (κ2) is 5.94. The third-order valence-corrected chi connectivity index (χ3v) is 6.95. The summed E-state index contributed by atoms with van der Waals surface area (Å²) in [6, 6.07) is 4.10. The molecular weight excluding hydrogens is 296 g/mol. The summed E-state index contributed by atoms with van der Waals surface area (Å²) in [5.41, 5.74) is 6.52. The number of nitrogens with two attached hydrogens (primary N) is 1. The molecule has 19 heavy (non-hydrogen) atoms. The van der Waals surface area contributed by atoms with Crippen molar-refractivity contribution >= 4 is 34.7 Å². The minimum absolute atomic E-state index is 0.0758. The van der Waals surface area contributed by atoms with Crippen molar-refractivity contribution in [3.05, 3.63) is 21.3 Å². The predicted octanol–water partition coefficient (Wildman–Crippen LogP) is 3.69. The highest BCUT2D eigenvalue weighted by atomic mass is 35.5. The molecule has 108 valence electrons. The minimum atomic E-state index is 0.0758. The quantitative estimate of drug-likeness (QED) is 0.918. The number of rotatable bonds is 4. The SMILES string of the molecule is CN(Cc1ccc(Cl)s1)C1(CN)CSCCC1(C)C. The third kappa shape index (κ3) is 2.98. The lowest BCUT2D eigenvalue weighted by Gasteiger charge is -2.54. The van der Waals surface area contributed by atoms with Crippen LogP contribution in [0.1, 0.15) is 25.1 Å². The van der Waals surface area contributed by atoms with Crippen molar-refractivity contribution in [2.75, 3.05) is 25.1 Å². The Morgan fingerprint density at radius 1 is 1.42 bits per heavy atom. The van der Waals surface area contributed by atoms with Gasteiger partial charge in [0.05, 0.1) is 4.34 Å². The lowest BCUT2D eigenvalue weighted by atomic mass is 9.70. The summed E-state index contributed by atoms with van der Waals surface area (Å²) in [5, 5.41) is 0. The van der Waals surface area contributed by atoms with Crippen LogP contribution >= 0.6 is 34.7 Å². The molecule has 2 rings (SSSR count). The molecule has 1 aromatic rings. The Hall–Kier alpha value is 0.260. The third-order valence-electron chi connectivity index (χ3n) is 4.56. The van der Waals surface area contributed by atoms with Gasteiger partial charge in [0.2, 0.25) is 0 Å². The van der Waals surface area contributed by atoms with E-state index in [1.54, 1.807) is 11.3 Å². The summed E-state index contributed by atoms with van der Waals surface area (Å²) in [5.74, 6) is 2.36. The first kappa shape index (κ1) is 15.6. The van der Waals surface area contributed by atoms with E-state index in [0.29, 0.717) is 6.54 Å². The number of likely N-dealkylation sites (N-methyl/N-ethyl adjacent to an activating group) is 1. The molecule has 0 aromatic carbocycles. The molecule has 1 unspecified atom stereocenters. The largest absolute Gasteiger partial charge is 0.329 e. The smallest absolute Gasteiger partial charge is 0.0931 e. The summed E-state index contributed by atoms with van der Waals surface area (Å²) in [6.07, 6.45) is 1.23. The van der Waals surface area contributed by atoms with Crippen LogP contribution in [-0.4, -0.2) is 35.5 Å². The van der Waals surface area contributed by atoms with Gasteiger partial charge in [-0.15, -0.1) is 11.3 Å². The number of nitrogens with zero attached hydrogens (tertiary/aromatic N) is 1.